The summed E-state index contributed by atoms with van der Waals surface area (Å²) in [7, 11) is 2.14. The van der Waals surface area contributed by atoms with Crippen LogP contribution in [-0.4, -0.2) is 25.0 Å². The lowest BCUT2D eigenvalue weighted by Gasteiger charge is -2.26. The van der Waals surface area contributed by atoms with Crippen LogP contribution in [0, 0.1) is 0 Å². The molecule has 2 rings (SSSR count). The molecule has 0 bridgehead atoms. The van der Waals surface area contributed by atoms with Crippen LogP contribution in [0.15, 0.2) is 24.3 Å². The summed E-state index contributed by atoms with van der Waals surface area (Å²) in [4.78, 5) is 2.31. The summed E-state index contributed by atoms with van der Waals surface area (Å²) in [6, 6.07) is 9.34. The lowest BCUT2D eigenvalue weighted by Crippen LogP contribution is -2.30. The molecule has 2 nitrogen and oxygen atoms in total. The van der Waals surface area contributed by atoms with E-state index in [4.69, 9.17) is 5.73 Å². The Kier molecular flexibility index (Phi) is 3.62. The molecule has 0 aliphatic heterocycles. The van der Waals surface area contributed by atoms with E-state index in [0.717, 1.165) is 12.5 Å². The Balaban J connectivity index is 2.19. The standard InChI is InChI=1S/C14H22N2/c1-3-16(2)14(10-15)13-6-4-5-12(9-13)11-7-8-11/h4-6,9,11,14H,3,7-8,10,15H2,1-2H3. The number of rotatable bonds is 5. The molecule has 1 aliphatic rings. The predicted molar refractivity (Wildman–Crippen MR) is 68.5 cm³/mol. The van der Waals surface area contributed by atoms with Crippen molar-refractivity contribution in [2.45, 2.75) is 31.7 Å². The molecule has 2 heteroatoms. The van der Waals surface area contributed by atoms with Crippen LogP contribution in [0.5, 0.6) is 0 Å². The summed E-state index contributed by atoms with van der Waals surface area (Å²) in [5.41, 5.74) is 8.75. The predicted octanol–water partition coefficient (Wildman–Crippen LogP) is 2.52. The average Bonchev–Trinajstić information content (AvgIpc) is 3.14. The van der Waals surface area contributed by atoms with E-state index in [1.165, 1.54) is 24.0 Å². The number of hydrogen-bond acceptors (Lipinski definition) is 2. The van der Waals surface area contributed by atoms with Gasteiger partial charge in [0.1, 0.15) is 0 Å². The zero-order valence-corrected chi connectivity index (χ0v) is 10.3. The molecule has 16 heavy (non-hydrogen) atoms. The van der Waals surface area contributed by atoms with Gasteiger partial charge in [0.2, 0.25) is 0 Å². The molecule has 0 radical (unpaired) electrons. The van der Waals surface area contributed by atoms with Gasteiger partial charge < -0.3 is 5.73 Å². The van der Waals surface area contributed by atoms with Crippen LogP contribution in [0.2, 0.25) is 0 Å². The zero-order valence-electron chi connectivity index (χ0n) is 10.3. The summed E-state index contributed by atoms with van der Waals surface area (Å²) in [5, 5.41) is 0. The van der Waals surface area contributed by atoms with E-state index in [2.05, 4.69) is 43.1 Å². The first kappa shape index (κ1) is 11.6. The first-order valence-corrected chi connectivity index (χ1v) is 6.26. The maximum Gasteiger partial charge on any atom is 0.0467 e. The third-order valence-corrected chi connectivity index (χ3v) is 3.60. The Morgan fingerprint density at radius 2 is 2.19 bits per heavy atom. The van der Waals surface area contributed by atoms with Crippen LogP contribution in [0.1, 0.15) is 42.9 Å². The van der Waals surface area contributed by atoms with Gasteiger partial charge in [-0.2, -0.15) is 0 Å². The summed E-state index contributed by atoms with van der Waals surface area (Å²) in [6.45, 7) is 3.90. The monoisotopic (exact) mass is 218 g/mol. The molecule has 2 N–H and O–H groups in total. The lowest BCUT2D eigenvalue weighted by atomic mass is 10.0. The Morgan fingerprint density at radius 1 is 1.44 bits per heavy atom. The van der Waals surface area contributed by atoms with Crippen molar-refractivity contribution in [1.29, 1.82) is 0 Å². The maximum absolute atomic E-state index is 5.88. The van der Waals surface area contributed by atoms with Crippen LogP contribution < -0.4 is 5.73 Å². The smallest absolute Gasteiger partial charge is 0.0467 e. The second-order valence-corrected chi connectivity index (χ2v) is 4.77. The molecular formula is C14H22N2. The van der Waals surface area contributed by atoms with Gasteiger partial charge in [0.25, 0.3) is 0 Å². The minimum Gasteiger partial charge on any atom is -0.329 e. The van der Waals surface area contributed by atoms with Crippen LogP contribution in [-0.2, 0) is 0 Å². The molecule has 1 atom stereocenters. The first-order chi connectivity index (χ1) is 7.76. The van der Waals surface area contributed by atoms with Gasteiger partial charge in [-0.25, -0.2) is 0 Å². The Hall–Kier alpha value is -0.860. The molecular weight excluding hydrogens is 196 g/mol. The highest BCUT2D eigenvalue weighted by Crippen LogP contribution is 2.40. The molecule has 1 saturated carbocycles. The maximum atomic E-state index is 5.88. The van der Waals surface area contributed by atoms with Crippen molar-refractivity contribution < 1.29 is 0 Å². The van der Waals surface area contributed by atoms with Crippen molar-refractivity contribution in [3.8, 4) is 0 Å². The highest BCUT2D eigenvalue weighted by atomic mass is 15.1. The summed E-state index contributed by atoms with van der Waals surface area (Å²) in [5.74, 6) is 0.824. The Labute approximate surface area is 98.4 Å². The highest BCUT2D eigenvalue weighted by molar-refractivity contribution is 5.31. The van der Waals surface area contributed by atoms with E-state index in [-0.39, 0.29) is 0 Å². The summed E-state index contributed by atoms with van der Waals surface area (Å²) >= 11 is 0. The number of likely N-dealkylation sites (N-methyl/N-ethyl adjacent to an activating group) is 1. The van der Waals surface area contributed by atoms with Gasteiger partial charge in [-0.15, -0.1) is 0 Å². The van der Waals surface area contributed by atoms with Gasteiger partial charge >= 0.3 is 0 Å². The molecule has 0 heterocycles. The second kappa shape index (κ2) is 4.98. The van der Waals surface area contributed by atoms with Crippen molar-refractivity contribution in [2.75, 3.05) is 20.1 Å². The molecule has 1 fully saturated rings. The molecule has 1 unspecified atom stereocenters. The molecule has 1 aromatic rings. The fraction of sp³-hybridized carbons (Fsp3) is 0.571. The molecule has 0 saturated heterocycles. The van der Waals surface area contributed by atoms with Gasteiger partial charge in [0.15, 0.2) is 0 Å². The normalized spacial score (nSPS) is 17.8. The number of nitrogens with zero attached hydrogens (tertiary/aromatic N) is 1. The van der Waals surface area contributed by atoms with Gasteiger partial charge in [-0.3, -0.25) is 4.90 Å². The molecule has 1 aromatic carbocycles. The summed E-state index contributed by atoms with van der Waals surface area (Å²) < 4.78 is 0. The largest absolute Gasteiger partial charge is 0.329 e. The number of hydrogen-bond donors (Lipinski definition) is 1. The molecule has 1 aliphatic carbocycles. The molecule has 0 spiro atoms. The molecule has 0 amide bonds. The topological polar surface area (TPSA) is 29.3 Å². The van der Waals surface area contributed by atoms with Gasteiger partial charge in [0.05, 0.1) is 0 Å². The lowest BCUT2D eigenvalue weighted by molar-refractivity contribution is 0.263. The fourth-order valence-corrected chi connectivity index (χ4v) is 2.23. The van der Waals surface area contributed by atoms with E-state index >= 15 is 0 Å². The van der Waals surface area contributed by atoms with Gasteiger partial charge in [0, 0.05) is 12.6 Å². The van der Waals surface area contributed by atoms with Gasteiger partial charge in [-0.05, 0) is 43.5 Å². The van der Waals surface area contributed by atoms with E-state index in [0.29, 0.717) is 12.6 Å². The third kappa shape index (κ3) is 2.45. The van der Waals surface area contributed by atoms with Crippen molar-refractivity contribution >= 4 is 0 Å². The molecule has 88 valence electrons. The summed E-state index contributed by atoms with van der Waals surface area (Å²) in [6.07, 6.45) is 2.72. The van der Waals surface area contributed by atoms with Crippen molar-refractivity contribution in [2.24, 2.45) is 5.73 Å². The first-order valence-electron chi connectivity index (χ1n) is 6.26. The van der Waals surface area contributed by atoms with Crippen LogP contribution in [0.3, 0.4) is 0 Å². The number of benzene rings is 1. The van der Waals surface area contributed by atoms with Gasteiger partial charge in [-0.1, -0.05) is 31.2 Å². The third-order valence-electron chi connectivity index (χ3n) is 3.60. The minimum absolute atomic E-state index is 0.365. The van der Waals surface area contributed by atoms with Crippen molar-refractivity contribution in [1.82, 2.24) is 4.90 Å². The average molecular weight is 218 g/mol. The van der Waals surface area contributed by atoms with Crippen molar-refractivity contribution in [3.05, 3.63) is 35.4 Å². The Morgan fingerprint density at radius 3 is 2.75 bits per heavy atom. The van der Waals surface area contributed by atoms with Crippen LogP contribution in [0.25, 0.3) is 0 Å². The Bertz CT molecular complexity index is 344. The van der Waals surface area contributed by atoms with E-state index in [9.17, 15) is 0 Å². The molecule has 0 aromatic heterocycles. The van der Waals surface area contributed by atoms with Crippen LogP contribution >= 0.6 is 0 Å². The highest BCUT2D eigenvalue weighted by Gasteiger charge is 2.24. The van der Waals surface area contributed by atoms with E-state index in [1.807, 2.05) is 0 Å². The zero-order chi connectivity index (χ0) is 11.5. The fourth-order valence-electron chi connectivity index (χ4n) is 2.23. The van der Waals surface area contributed by atoms with Crippen molar-refractivity contribution in [3.63, 3.8) is 0 Å². The number of nitrogens with two attached hydrogens (primary N) is 1. The quantitative estimate of drug-likeness (QED) is 0.823. The van der Waals surface area contributed by atoms with Crippen LogP contribution in [0.4, 0.5) is 0 Å². The van der Waals surface area contributed by atoms with E-state index in [1.54, 1.807) is 0 Å². The minimum atomic E-state index is 0.365. The van der Waals surface area contributed by atoms with E-state index < -0.39 is 0 Å². The SMILES string of the molecule is CCN(C)C(CN)c1cccc(C2CC2)c1. The second-order valence-electron chi connectivity index (χ2n) is 4.77.